The lowest BCUT2D eigenvalue weighted by Crippen LogP contribution is -2.50. The SMILES string of the molecule is CNC(Cc1cccs1)C1(OC)CCCC1. The van der Waals surface area contributed by atoms with Crippen molar-refractivity contribution in [2.24, 2.45) is 0 Å². The maximum atomic E-state index is 5.84. The summed E-state index contributed by atoms with van der Waals surface area (Å²) in [6.45, 7) is 0. The molecule has 0 amide bonds. The van der Waals surface area contributed by atoms with Crippen molar-refractivity contribution in [2.45, 2.75) is 43.7 Å². The van der Waals surface area contributed by atoms with Crippen LogP contribution in [0.2, 0.25) is 0 Å². The highest BCUT2D eigenvalue weighted by atomic mass is 32.1. The minimum Gasteiger partial charge on any atom is -0.377 e. The van der Waals surface area contributed by atoms with Gasteiger partial charge in [0.1, 0.15) is 0 Å². The smallest absolute Gasteiger partial charge is 0.0834 e. The average molecular weight is 239 g/mol. The minimum absolute atomic E-state index is 0.0682. The number of hydrogen-bond donors (Lipinski definition) is 1. The number of hydrogen-bond acceptors (Lipinski definition) is 3. The lowest BCUT2D eigenvalue weighted by Gasteiger charge is -2.36. The molecule has 0 aromatic carbocycles. The fourth-order valence-electron chi connectivity index (χ4n) is 2.85. The molecule has 1 heterocycles. The first kappa shape index (κ1) is 12.1. The molecule has 1 aromatic heterocycles. The van der Waals surface area contributed by atoms with Crippen molar-refractivity contribution < 1.29 is 4.74 Å². The summed E-state index contributed by atoms with van der Waals surface area (Å²) in [4.78, 5) is 1.45. The minimum atomic E-state index is 0.0682. The summed E-state index contributed by atoms with van der Waals surface area (Å²) in [5.41, 5.74) is 0.0682. The molecule has 1 aliphatic carbocycles. The van der Waals surface area contributed by atoms with E-state index in [1.165, 1.54) is 30.6 Å². The highest BCUT2D eigenvalue weighted by molar-refractivity contribution is 7.09. The van der Waals surface area contributed by atoms with Gasteiger partial charge < -0.3 is 10.1 Å². The Morgan fingerprint density at radius 1 is 1.50 bits per heavy atom. The van der Waals surface area contributed by atoms with Gasteiger partial charge in [0.2, 0.25) is 0 Å². The van der Waals surface area contributed by atoms with Gasteiger partial charge in [0, 0.05) is 18.0 Å². The number of likely N-dealkylation sites (N-methyl/N-ethyl adjacent to an activating group) is 1. The van der Waals surface area contributed by atoms with E-state index >= 15 is 0 Å². The Morgan fingerprint density at radius 3 is 2.75 bits per heavy atom. The fourth-order valence-corrected chi connectivity index (χ4v) is 3.60. The Morgan fingerprint density at radius 2 is 2.25 bits per heavy atom. The lowest BCUT2D eigenvalue weighted by atomic mass is 9.89. The van der Waals surface area contributed by atoms with Crippen molar-refractivity contribution in [2.75, 3.05) is 14.2 Å². The molecular formula is C13H21NOS. The second kappa shape index (κ2) is 5.30. The van der Waals surface area contributed by atoms with Crippen LogP contribution in [0, 0.1) is 0 Å². The maximum absolute atomic E-state index is 5.84. The van der Waals surface area contributed by atoms with Crippen LogP contribution >= 0.6 is 11.3 Å². The summed E-state index contributed by atoms with van der Waals surface area (Å²) in [5, 5.41) is 5.60. The van der Waals surface area contributed by atoms with Crippen LogP contribution < -0.4 is 5.32 Å². The summed E-state index contributed by atoms with van der Waals surface area (Å²) >= 11 is 1.84. The van der Waals surface area contributed by atoms with E-state index in [2.05, 4.69) is 29.9 Å². The average Bonchev–Trinajstić information content (AvgIpc) is 2.97. The topological polar surface area (TPSA) is 21.3 Å². The van der Waals surface area contributed by atoms with Crippen LogP contribution in [-0.2, 0) is 11.2 Å². The molecule has 0 aliphatic heterocycles. The number of methoxy groups -OCH3 is 1. The van der Waals surface area contributed by atoms with Crippen molar-refractivity contribution in [3.63, 3.8) is 0 Å². The first-order valence-electron chi connectivity index (χ1n) is 6.05. The molecule has 0 radical (unpaired) electrons. The third-order valence-corrected chi connectivity index (χ3v) is 4.72. The van der Waals surface area contributed by atoms with Gasteiger partial charge >= 0.3 is 0 Å². The summed E-state index contributed by atoms with van der Waals surface area (Å²) in [6.07, 6.45) is 6.08. The zero-order valence-electron chi connectivity index (χ0n) is 10.2. The van der Waals surface area contributed by atoms with Gasteiger partial charge in [0.25, 0.3) is 0 Å². The van der Waals surface area contributed by atoms with Gasteiger partial charge in [-0.2, -0.15) is 0 Å². The monoisotopic (exact) mass is 239 g/mol. The van der Waals surface area contributed by atoms with E-state index in [9.17, 15) is 0 Å². The van der Waals surface area contributed by atoms with E-state index in [4.69, 9.17) is 4.74 Å². The summed E-state index contributed by atoms with van der Waals surface area (Å²) < 4.78 is 5.84. The zero-order valence-corrected chi connectivity index (χ0v) is 11.0. The Kier molecular flexibility index (Phi) is 4.00. The summed E-state index contributed by atoms with van der Waals surface area (Å²) in [5.74, 6) is 0. The van der Waals surface area contributed by atoms with E-state index in [-0.39, 0.29) is 5.60 Å². The molecule has 1 unspecified atom stereocenters. The number of nitrogens with one attached hydrogen (secondary N) is 1. The van der Waals surface area contributed by atoms with Crippen LogP contribution in [0.1, 0.15) is 30.6 Å². The number of ether oxygens (including phenoxy) is 1. The molecule has 0 saturated heterocycles. The van der Waals surface area contributed by atoms with Gasteiger partial charge in [0.05, 0.1) is 5.60 Å². The molecule has 2 nitrogen and oxygen atoms in total. The number of thiophene rings is 1. The molecule has 3 heteroatoms. The summed E-state index contributed by atoms with van der Waals surface area (Å²) in [7, 11) is 3.92. The second-order valence-electron chi connectivity index (χ2n) is 4.60. The predicted molar refractivity (Wildman–Crippen MR) is 69.1 cm³/mol. The predicted octanol–water partition coefficient (Wildman–Crippen LogP) is 2.84. The van der Waals surface area contributed by atoms with E-state index in [1.807, 2.05) is 18.4 Å². The van der Waals surface area contributed by atoms with E-state index in [1.54, 1.807) is 0 Å². The molecule has 2 rings (SSSR count). The van der Waals surface area contributed by atoms with Crippen molar-refractivity contribution in [1.29, 1.82) is 0 Å². The van der Waals surface area contributed by atoms with E-state index in [0.717, 1.165) is 6.42 Å². The lowest BCUT2D eigenvalue weighted by molar-refractivity contribution is -0.0334. The molecule has 1 aromatic rings. The fraction of sp³-hybridized carbons (Fsp3) is 0.692. The van der Waals surface area contributed by atoms with Crippen LogP contribution in [0.4, 0.5) is 0 Å². The van der Waals surface area contributed by atoms with Crippen LogP contribution in [0.3, 0.4) is 0 Å². The molecule has 1 saturated carbocycles. The maximum Gasteiger partial charge on any atom is 0.0834 e. The van der Waals surface area contributed by atoms with Gasteiger partial charge in [-0.15, -0.1) is 11.3 Å². The van der Waals surface area contributed by atoms with Gasteiger partial charge in [-0.05, 0) is 37.8 Å². The normalized spacial score (nSPS) is 21.1. The molecule has 0 bridgehead atoms. The largest absolute Gasteiger partial charge is 0.377 e. The third-order valence-electron chi connectivity index (χ3n) is 3.83. The van der Waals surface area contributed by atoms with E-state index < -0.39 is 0 Å². The molecule has 1 fully saturated rings. The van der Waals surface area contributed by atoms with Crippen LogP contribution in [-0.4, -0.2) is 25.8 Å². The molecular weight excluding hydrogens is 218 g/mol. The first-order chi connectivity index (χ1) is 7.80. The molecule has 1 atom stereocenters. The van der Waals surface area contributed by atoms with Crippen molar-refractivity contribution in [3.8, 4) is 0 Å². The Bertz CT molecular complexity index is 304. The number of rotatable bonds is 5. The third kappa shape index (κ3) is 2.31. The highest BCUT2D eigenvalue weighted by Crippen LogP contribution is 2.37. The standard InChI is InChI=1S/C13H21NOS/c1-14-12(10-11-6-5-9-16-11)13(15-2)7-3-4-8-13/h5-6,9,12,14H,3-4,7-8,10H2,1-2H3. The molecule has 16 heavy (non-hydrogen) atoms. The van der Waals surface area contributed by atoms with Gasteiger partial charge in [-0.25, -0.2) is 0 Å². The molecule has 90 valence electrons. The summed E-state index contributed by atoms with van der Waals surface area (Å²) in [6, 6.07) is 4.78. The Hall–Kier alpha value is -0.380. The van der Waals surface area contributed by atoms with Gasteiger partial charge in [-0.3, -0.25) is 0 Å². The second-order valence-corrected chi connectivity index (χ2v) is 5.63. The van der Waals surface area contributed by atoms with Crippen molar-refractivity contribution in [1.82, 2.24) is 5.32 Å². The van der Waals surface area contributed by atoms with Crippen molar-refractivity contribution >= 4 is 11.3 Å². The first-order valence-corrected chi connectivity index (χ1v) is 6.93. The zero-order chi connectivity index (χ0) is 11.4. The Labute approximate surface area is 102 Å². The molecule has 1 aliphatic rings. The van der Waals surface area contributed by atoms with Crippen molar-refractivity contribution in [3.05, 3.63) is 22.4 Å². The van der Waals surface area contributed by atoms with Gasteiger partial charge in [0.15, 0.2) is 0 Å². The van der Waals surface area contributed by atoms with Crippen LogP contribution in [0.5, 0.6) is 0 Å². The Balaban J connectivity index is 2.08. The molecule has 0 spiro atoms. The van der Waals surface area contributed by atoms with Crippen LogP contribution in [0.15, 0.2) is 17.5 Å². The molecule has 1 N–H and O–H groups in total. The van der Waals surface area contributed by atoms with E-state index in [0.29, 0.717) is 6.04 Å². The van der Waals surface area contributed by atoms with Gasteiger partial charge in [-0.1, -0.05) is 18.9 Å². The van der Waals surface area contributed by atoms with Crippen LogP contribution in [0.25, 0.3) is 0 Å². The quantitative estimate of drug-likeness (QED) is 0.853. The highest BCUT2D eigenvalue weighted by Gasteiger charge is 2.40.